The lowest BCUT2D eigenvalue weighted by atomic mass is 10.0. The molecule has 0 saturated carbocycles. The van der Waals surface area contributed by atoms with Gasteiger partial charge in [0.05, 0.1) is 12.2 Å². The molecular formula is C11H11ClO3. The van der Waals surface area contributed by atoms with Crippen LogP contribution in [0.3, 0.4) is 0 Å². The summed E-state index contributed by atoms with van der Waals surface area (Å²) in [6.45, 7) is 3.69. The van der Waals surface area contributed by atoms with E-state index in [0.717, 1.165) is 0 Å². The zero-order chi connectivity index (χ0) is 11.4. The number of carbonyl (C=O) groups is 2. The summed E-state index contributed by atoms with van der Waals surface area (Å²) in [7, 11) is 0. The Kier molecular flexibility index (Phi) is 3.86. The maximum absolute atomic E-state index is 11.5. The van der Waals surface area contributed by atoms with Crippen molar-refractivity contribution < 1.29 is 14.3 Å². The molecule has 0 aliphatic carbocycles. The summed E-state index contributed by atoms with van der Waals surface area (Å²) in [4.78, 5) is 22.3. The highest BCUT2D eigenvalue weighted by Gasteiger charge is 2.15. The van der Waals surface area contributed by atoms with Gasteiger partial charge in [0.1, 0.15) is 0 Å². The van der Waals surface area contributed by atoms with Crippen LogP contribution in [0.4, 0.5) is 0 Å². The Labute approximate surface area is 93.0 Å². The number of hydrogen-bond acceptors (Lipinski definition) is 3. The fraction of sp³-hybridized carbons (Fsp3) is 0.273. The Bertz CT molecular complexity index is 399. The molecule has 0 atom stereocenters. The summed E-state index contributed by atoms with van der Waals surface area (Å²) in [5, 5.41) is 0.418. The lowest BCUT2D eigenvalue weighted by Crippen LogP contribution is -2.09. The summed E-state index contributed by atoms with van der Waals surface area (Å²) in [5.41, 5.74) is 1.22. The van der Waals surface area contributed by atoms with Gasteiger partial charge in [-0.15, -0.1) is 0 Å². The molecular weight excluding hydrogens is 216 g/mol. The predicted octanol–water partition coefficient (Wildman–Crippen LogP) is 2.64. The van der Waals surface area contributed by atoms with Crippen LogP contribution in [0.1, 0.15) is 33.2 Å². The smallest absolute Gasteiger partial charge is 0.338 e. The van der Waals surface area contributed by atoms with E-state index in [4.69, 9.17) is 16.3 Å². The second-order valence-corrected chi connectivity index (χ2v) is 3.46. The molecule has 0 aromatic heterocycles. The molecule has 0 bridgehead atoms. The summed E-state index contributed by atoms with van der Waals surface area (Å²) >= 11 is 5.80. The number of esters is 1. The van der Waals surface area contributed by atoms with E-state index in [1.54, 1.807) is 19.9 Å². The maximum Gasteiger partial charge on any atom is 0.338 e. The molecule has 0 N–H and O–H groups in total. The van der Waals surface area contributed by atoms with Gasteiger partial charge in [0, 0.05) is 10.6 Å². The Morgan fingerprint density at radius 1 is 1.53 bits per heavy atom. The number of halogens is 1. The van der Waals surface area contributed by atoms with E-state index in [9.17, 15) is 9.59 Å². The summed E-state index contributed by atoms with van der Waals surface area (Å²) < 4.78 is 4.82. The van der Waals surface area contributed by atoms with E-state index < -0.39 is 5.97 Å². The average Bonchev–Trinajstić information content (AvgIpc) is 2.17. The van der Waals surface area contributed by atoms with Crippen LogP contribution in [0.15, 0.2) is 12.1 Å². The summed E-state index contributed by atoms with van der Waals surface area (Å²) in [6, 6.07) is 3.07. The first-order valence-electron chi connectivity index (χ1n) is 4.52. The van der Waals surface area contributed by atoms with Gasteiger partial charge in [0.2, 0.25) is 0 Å². The highest BCUT2D eigenvalue weighted by Crippen LogP contribution is 2.20. The SMILES string of the molecule is CCOC(=O)c1cc(Cl)cc(C)c1C=O. The topological polar surface area (TPSA) is 43.4 Å². The van der Waals surface area contributed by atoms with Crippen molar-refractivity contribution in [2.75, 3.05) is 6.61 Å². The van der Waals surface area contributed by atoms with Gasteiger partial charge in [-0.05, 0) is 31.5 Å². The van der Waals surface area contributed by atoms with Crippen LogP contribution in [0, 0.1) is 6.92 Å². The fourth-order valence-electron chi connectivity index (χ4n) is 1.29. The average molecular weight is 227 g/mol. The van der Waals surface area contributed by atoms with Crippen molar-refractivity contribution in [3.63, 3.8) is 0 Å². The van der Waals surface area contributed by atoms with Gasteiger partial charge in [-0.25, -0.2) is 4.79 Å². The molecule has 3 nitrogen and oxygen atoms in total. The van der Waals surface area contributed by atoms with Gasteiger partial charge in [-0.2, -0.15) is 0 Å². The summed E-state index contributed by atoms with van der Waals surface area (Å²) in [6.07, 6.45) is 0.637. The third-order valence-electron chi connectivity index (χ3n) is 1.96. The molecule has 0 amide bonds. The molecule has 0 saturated heterocycles. The van der Waals surface area contributed by atoms with Gasteiger partial charge in [0.25, 0.3) is 0 Å². The lowest BCUT2D eigenvalue weighted by molar-refractivity contribution is 0.0524. The number of hydrogen-bond donors (Lipinski definition) is 0. The number of rotatable bonds is 3. The first-order valence-corrected chi connectivity index (χ1v) is 4.90. The molecule has 1 aromatic rings. The van der Waals surface area contributed by atoms with Crippen molar-refractivity contribution in [3.8, 4) is 0 Å². The molecule has 80 valence electrons. The van der Waals surface area contributed by atoms with E-state index in [-0.39, 0.29) is 12.2 Å². The molecule has 0 aliphatic rings. The first kappa shape index (κ1) is 11.7. The minimum Gasteiger partial charge on any atom is -0.462 e. The number of benzene rings is 1. The van der Waals surface area contributed by atoms with Crippen molar-refractivity contribution in [2.24, 2.45) is 0 Å². The van der Waals surface area contributed by atoms with Crippen molar-refractivity contribution in [1.82, 2.24) is 0 Å². The molecule has 1 aromatic carbocycles. The maximum atomic E-state index is 11.5. The number of aryl methyl sites for hydroxylation is 1. The highest BCUT2D eigenvalue weighted by molar-refractivity contribution is 6.31. The molecule has 4 heteroatoms. The minimum atomic E-state index is -0.523. The van der Waals surface area contributed by atoms with Crippen LogP contribution in [0.2, 0.25) is 5.02 Å². The molecule has 15 heavy (non-hydrogen) atoms. The van der Waals surface area contributed by atoms with E-state index in [1.807, 2.05) is 0 Å². The van der Waals surface area contributed by atoms with Gasteiger partial charge in [0.15, 0.2) is 6.29 Å². The molecule has 0 heterocycles. The largest absolute Gasteiger partial charge is 0.462 e. The van der Waals surface area contributed by atoms with Crippen LogP contribution in [0.25, 0.3) is 0 Å². The fourth-order valence-corrected chi connectivity index (χ4v) is 1.56. The van der Waals surface area contributed by atoms with Crippen molar-refractivity contribution in [3.05, 3.63) is 33.8 Å². The minimum absolute atomic E-state index is 0.219. The Balaban J connectivity index is 3.26. The Hall–Kier alpha value is -1.35. The lowest BCUT2D eigenvalue weighted by Gasteiger charge is -2.07. The third kappa shape index (κ3) is 2.57. The number of ether oxygens (including phenoxy) is 1. The molecule has 0 fully saturated rings. The second-order valence-electron chi connectivity index (χ2n) is 3.02. The van der Waals surface area contributed by atoms with E-state index in [1.165, 1.54) is 6.07 Å². The zero-order valence-corrected chi connectivity index (χ0v) is 9.30. The first-order chi connectivity index (χ1) is 7.10. The van der Waals surface area contributed by atoms with Crippen molar-refractivity contribution >= 4 is 23.9 Å². The number of aldehydes is 1. The Morgan fingerprint density at radius 2 is 2.20 bits per heavy atom. The highest BCUT2D eigenvalue weighted by atomic mass is 35.5. The van der Waals surface area contributed by atoms with Crippen LogP contribution in [-0.2, 0) is 4.74 Å². The van der Waals surface area contributed by atoms with Gasteiger partial charge in [-0.1, -0.05) is 11.6 Å². The van der Waals surface area contributed by atoms with E-state index in [2.05, 4.69) is 0 Å². The third-order valence-corrected chi connectivity index (χ3v) is 2.18. The Morgan fingerprint density at radius 3 is 2.73 bits per heavy atom. The molecule has 0 aliphatic heterocycles. The van der Waals surface area contributed by atoms with E-state index in [0.29, 0.717) is 22.4 Å². The van der Waals surface area contributed by atoms with Crippen LogP contribution in [0.5, 0.6) is 0 Å². The van der Waals surface area contributed by atoms with Gasteiger partial charge >= 0.3 is 5.97 Å². The van der Waals surface area contributed by atoms with Gasteiger partial charge < -0.3 is 4.74 Å². The van der Waals surface area contributed by atoms with Gasteiger partial charge in [-0.3, -0.25) is 4.79 Å². The molecule has 0 radical (unpaired) electrons. The van der Waals surface area contributed by atoms with Crippen LogP contribution in [-0.4, -0.2) is 18.9 Å². The monoisotopic (exact) mass is 226 g/mol. The van der Waals surface area contributed by atoms with E-state index >= 15 is 0 Å². The zero-order valence-electron chi connectivity index (χ0n) is 8.54. The van der Waals surface area contributed by atoms with Crippen LogP contribution < -0.4 is 0 Å². The normalized spacial score (nSPS) is 9.80. The van der Waals surface area contributed by atoms with Crippen molar-refractivity contribution in [2.45, 2.75) is 13.8 Å². The number of carbonyl (C=O) groups excluding carboxylic acids is 2. The quantitative estimate of drug-likeness (QED) is 0.588. The second kappa shape index (κ2) is 4.94. The van der Waals surface area contributed by atoms with Crippen molar-refractivity contribution in [1.29, 1.82) is 0 Å². The van der Waals surface area contributed by atoms with Crippen LogP contribution >= 0.6 is 11.6 Å². The molecule has 0 spiro atoms. The predicted molar refractivity (Wildman–Crippen MR) is 57.5 cm³/mol. The standard InChI is InChI=1S/C11H11ClO3/c1-3-15-11(14)9-5-8(12)4-7(2)10(9)6-13/h4-6H,3H2,1-2H3. The molecule has 0 unspecified atom stereocenters. The summed E-state index contributed by atoms with van der Waals surface area (Å²) in [5.74, 6) is -0.523. The molecule has 1 rings (SSSR count).